The van der Waals surface area contributed by atoms with Gasteiger partial charge in [0.2, 0.25) is 0 Å². The van der Waals surface area contributed by atoms with Crippen molar-refractivity contribution < 1.29 is 13.2 Å². The van der Waals surface area contributed by atoms with E-state index in [0.29, 0.717) is 18.3 Å². The third-order valence-corrected chi connectivity index (χ3v) is 3.07. The fourth-order valence-corrected chi connectivity index (χ4v) is 1.69. The van der Waals surface area contributed by atoms with Gasteiger partial charge in [-0.25, -0.2) is 4.98 Å². The first-order valence-electron chi connectivity index (χ1n) is 6.26. The van der Waals surface area contributed by atoms with Crippen molar-refractivity contribution in [3.63, 3.8) is 0 Å². The molecule has 1 aromatic rings. The van der Waals surface area contributed by atoms with Gasteiger partial charge in [0, 0.05) is 20.6 Å². The van der Waals surface area contributed by atoms with Crippen LogP contribution < -0.4 is 10.2 Å². The predicted octanol–water partition coefficient (Wildman–Crippen LogP) is 3.62. The monoisotopic (exact) mass is 275 g/mol. The summed E-state index contributed by atoms with van der Waals surface area (Å²) in [5.41, 5.74) is -0.683. The summed E-state index contributed by atoms with van der Waals surface area (Å²) >= 11 is 0. The van der Waals surface area contributed by atoms with Crippen LogP contribution >= 0.6 is 0 Å². The number of alkyl halides is 3. The molecule has 0 aliphatic carbocycles. The van der Waals surface area contributed by atoms with Gasteiger partial charge in [0.25, 0.3) is 0 Å². The van der Waals surface area contributed by atoms with Gasteiger partial charge in [-0.3, -0.25) is 0 Å². The van der Waals surface area contributed by atoms with Crippen molar-refractivity contribution in [3.05, 3.63) is 17.7 Å². The summed E-state index contributed by atoms with van der Waals surface area (Å²) in [6, 6.07) is 2.10. The predicted molar refractivity (Wildman–Crippen MR) is 71.5 cm³/mol. The van der Waals surface area contributed by atoms with E-state index in [1.165, 1.54) is 0 Å². The zero-order chi connectivity index (χ0) is 14.6. The summed E-state index contributed by atoms with van der Waals surface area (Å²) in [5.74, 6) is 0.958. The fraction of sp³-hybridized carbons (Fsp3) is 0.615. The lowest BCUT2D eigenvalue weighted by molar-refractivity contribution is -0.137. The lowest BCUT2D eigenvalue weighted by Gasteiger charge is -2.23. The van der Waals surface area contributed by atoms with E-state index in [2.05, 4.69) is 24.1 Å². The number of aromatic nitrogens is 1. The van der Waals surface area contributed by atoms with Gasteiger partial charge in [0.15, 0.2) is 0 Å². The van der Waals surface area contributed by atoms with E-state index in [0.717, 1.165) is 18.6 Å². The lowest BCUT2D eigenvalue weighted by atomic mass is 10.1. The summed E-state index contributed by atoms with van der Waals surface area (Å²) in [4.78, 5) is 5.92. The Labute approximate surface area is 111 Å². The van der Waals surface area contributed by atoms with Crippen molar-refractivity contribution in [2.75, 3.05) is 30.9 Å². The van der Waals surface area contributed by atoms with Crippen molar-refractivity contribution in [3.8, 4) is 0 Å². The second kappa shape index (κ2) is 6.12. The molecule has 1 N–H and O–H groups in total. The maximum Gasteiger partial charge on any atom is 0.416 e. The Morgan fingerprint density at radius 1 is 1.37 bits per heavy atom. The SMILES string of the molecule is CCC(C)CN(C)c1cc(C(F)(F)F)cc(NC)n1. The highest BCUT2D eigenvalue weighted by Crippen LogP contribution is 2.32. The van der Waals surface area contributed by atoms with E-state index in [-0.39, 0.29) is 5.82 Å². The van der Waals surface area contributed by atoms with Gasteiger partial charge in [-0.05, 0) is 18.1 Å². The quantitative estimate of drug-likeness (QED) is 0.889. The highest BCUT2D eigenvalue weighted by atomic mass is 19.4. The Hall–Kier alpha value is -1.46. The van der Waals surface area contributed by atoms with Crippen LogP contribution in [-0.4, -0.2) is 25.6 Å². The molecule has 0 amide bonds. The van der Waals surface area contributed by atoms with Crippen LogP contribution in [0.2, 0.25) is 0 Å². The Morgan fingerprint density at radius 2 is 2.00 bits per heavy atom. The molecular weight excluding hydrogens is 255 g/mol. The zero-order valence-corrected chi connectivity index (χ0v) is 11.7. The summed E-state index contributed by atoms with van der Waals surface area (Å²) in [7, 11) is 3.31. The minimum atomic E-state index is -4.36. The van der Waals surface area contributed by atoms with Gasteiger partial charge in [-0.2, -0.15) is 13.2 Å². The largest absolute Gasteiger partial charge is 0.416 e. The molecule has 0 bridgehead atoms. The molecule has 0 aliphatic rings. The van der Waals surface area contributed by atoms with Crippen LogP contribution in [0.5, 0.6) is 0 Å². The first-order chi connectivity index (χ1) is 8.77. The number of nitrogens with zero attached hydrogens (tertiary/aromatic N) is 2. The molecule has 1 aromatic heterocycles. The summed E-state index contributed by atoms with van der Waals surface area (Å²) in [6.45, 7) is 4.79. The number of nitrogens with one attached hydrogen (secondary N) is 1. The minimum Gasteiger partial charge on any atom is -0.373 e. The highest BCUT2D eigenvalue weighted by molar-refractivity contribution is 5.50. The molecule has 0 fully saturated rings. The maximum absolute atomic E-state index is 12.8. The van der Waals surface area contributed by atoms with Crippen LogP contribution in [0.1, 0.15) is 25.8 Å². The van der Waals surface area contributed by atoms with Crippen LogP contribution in [0.3, 0.4) is 0 Å². The first-order valence-corrected chi connectivity index (χ1v) is 6.26. The lowest BCUT2D eigenvalue weighted by Crippen LogP contribution is -2.25. The summed E-state index contributed by atoms with van der Waals surface area (Å²) in [6.07, 6.45) is -3.39. The van der Waals surface area contributed by atoms with E-state index >= 15 is 0 Å². The van der Waals surface area contributed by atoms with Crippen molar-refractivity contribution in [2.24, 2.45) is 5.92 Å². The molecule has 0 saturated heterocycles. The fourth-order valence-electron chi connectivity index (χ4n) is 1.69. The third-order valence-electron chi connectivity index (χ3n) is 3.07. The van der Waals surface area contributed by atoms with E-state index in [1.807, 2.05) is 0 Å². The number of hydrogen-bond acceptors (Lipinski definition) is 3. The van der Waals surface area contributed by atoms with Crippen LogP contribution in [0.4, 0.5) is 24.8 Å². The van der Waals surface area contributed by atoms with Crippen molar-refractivity contribution in [1.29, 1.82) is 0 Å². The van der Waals surface area contributed by atoms with E-state index in [9.17, 15) is 13.2 Å². The van der Waals surface area contributed by atoms with Gasteiger partial charge in [-0.15, -0.1) is 0 Å². The highest BCUT2D eigenvalue weighted by Gasteiger charge is 2.32. The molecule has 6 heteroatoms. The standard InChI is InChI=1S/C13H20F3N3/c1-5-9(2)8-19(4)12-7-10(13(14,15)16)6-11(17-3)18-12/h6-7,9H,5,8H2,1-4H3,(H,17,18). The second-order valence-electron chi connectivity index (χ2n) is 4.74. The molecular formula is C13H20F3N3. The summed E-state index contributed by atoms with van der Waals surface area (Å²) < 4.78 is 38.4. The maximum atomic E-state index is 12.8. The van der Waals surface area contributed by atoms with Crippen LogP contribution in [0.15, 0.2) is 12.1 Å². The number of rotatable bonds is 5. The molecule has 3 nitrogen and oxygen atoms in total. The smallest absolute Gasteiger partial charge is 0.373 e. The average molecular weight is 275 g/mol. The molecule has 0 aliphatic heterocycles. The zero-order valence-electron chi connectivity index (χ0n) is 11.7. The number of anilines is 2. The van der Waals surface area contributed by atoms with Gasteiger partial charge in [0.1, 0.15) is 11.6 Å². The van der Waals surface area contributed by atoms with Crippen molar-refractivity contribution in [2.45, 2.75) is 26.4 Å². The molecule has 0 spiro atoms. The molecule has 0 aromatic carbocycles. The molecule has 0 radical (unpaired) electrons. The molecule has 1 rings (SSSR count). The topological polar surface area (TPSA) is 28.2 Å². The van der Waals surface area contributed by atoms with E-state index < -0.39 is 11.7 Å². The molecule has 108 valence electrons. The van der Waals surface area contributed by atoms with Crippen LogP contribution in [0.25, 0.3) is 0 Å². The second-order valence-corrected chi connectivity index (χ2v) is 4.74. The number of pyridine rings is 1. The Bertz CT molecular complexity index is 418. The van der Waals surface area contributed by atoms with Crippen LogP contribution in [0, 0.1) is 5.92 Å². The first kappa shape index (κ1) is 15.6. The number of halogens is 3. The molecule has 19 heavy (non-hydrogen) atoms. The molecule has 1 atom stereocenters. The molecule has 0 saturated carbocycles. The molecule has 1 unspecified atom stereocenters. The van der Waals surface area contributed by atoms with E-state index in [1.54, 1.807) is 19.0 Å². The molecule has 1 heterocycles. The summed E-state index contributed by atoms with van der Waals surface area (Å²) in [5, 5.41) is 2.66. The van der Waals surface area contributed by atoms with E-state index in [4.69, 9.17) is 0 Å². The Balaban J connectivity index is 3.06. The van der Waals surface area contributed by atoms with Crippen LogP contribution in [-0.2, 0) is 6.18 Å². The average Bonchev–Trinajstić information content (AvgIpc) is 2.36. The third kappa shape index (κ3) is 4.29. The van der Waals surface area contributed by atoms with Gasteiger partial charge in [0.05, 0.1) is 5.56 Å². The van der Waals surface area contributed by atoms with Gasteiger partial charge < -0.3 is 10.2 Å². The van der Waals surface area contributed by atoms with Crippen molar-refractivity contribution in [1.82, 2.24) is 4.98 Å². The van der Waals surface area contributed by atoms with Gasteiger partial charge in [-0.1, -0.05) is 20.3 Å². The minimum absolute atomic E-state index is 0.223. The number of hydrogen-bond donors (Lipinski definition) is 1. The Kier molecular flexibility index (Phi) is 5.03. The Morgan fingerprint density at radius 3 is 2.47 bits per heavy atom. The normalized spacial score (nSPS) is 13.2. The van der Waals surface area contributed by atoms with Gasteiger partial charge >= 0.3 is 6.18 Å². The van der Waals surface area contributed by atoms with Crippen molar-refractivity contribution >= 4 is 11.6 Å².